The van der Waals surface area contributed by atoms with E-state index >= 15 is 0 Å². The summed E-state index contributed by atoms with van der Waals surface area (Å²) in [5.74, 6) is 0.691. The standard InChI is InChI=1S/C15H19NO3/c1-10-6-12-7-11(4-5-13(12)19-10)14(18)16-8-15(2,3)9-17/h4-7,17H,8-9H2,1-3H3,(H,16,18). The number of hydrogen-bond acceptors (Lipinski definition) is 3. The van der Waals surface area contributed by atoms with Crippen LogP contribution in [0.4, 0.5) is 0 Å². The molecule has 0 aliphatic carbocycles. The molecule has 1 heterocycles. The molecule has 0 aliphatic rings. The van der Waals surface area contributed by atoms with Crippen LogP contribution in [0.3, 0.4) is 0 Å². The van der Waals surface area contributed by atoms with Crippen molar-refractivity contribution in [2.45, 2.75) is 20.8 Å². The zero-order chi connectivity index (χ0) is 14.0. The van der Waals surface area contributed by atoms with E-state index < -0.39 is 0 Å². The molecular weight excluding hydrogens is 242 g/mol. The van der Waals surface area contributed by atoms with Crippen molar-refractivity contribution in [1.82, 2.24) is 5.32 Å². The van der Waals surface area contributed by atoms with Crippen LogP contribution in [0.15, 0.2) is 28.7 Å². The lowest BCUT2D eigenvalue weighted by Crippen LogP contribution is -2.36. The lowest BCUT2D eigenvalue weighted by Gasteiger charge is -2.21. The summed E-state index contributed by atoms with van der Waals surface area (Å²) < 4.78 is 5.47. The van der Waals surface area contributed by atoms with E-state index in [9.17, 15) is 4.79 Å². The third-order valence-electron chi connectivity index (χ3n) is 3.06. The molecule has 2 aromatic rings. The van der Waals surface area contributed by atoms with Gasteiger partial charge in [-0.25, -0.2) is 0 Å². The zero-order valence-electron chi connectivity index (χ0n) is 11.5. The van der Waals surface area contributed by atoms with Crippen molar-refractivity contribution < 1.29 is 14.3 Å². The smallest absolute Gasteiger partial charge is 0.251 e. The number of furan rings is 1. The highest BCUT2D eigenvalue weighted by atomic mass is 16.3. The maximum absolute atomic E-state index is 12.0. The highest BCUT2D eigenvalue weighted by Gasteiger charge is 2.18. The topological polar surface area (TPSA) is 62.5 Å². The Balaban J connectivity index is 2.13. The van der Waals surface area contributed by atoms with Gasteiger partial charge in [0.2, 0.25) is 0 Å². The lowest BCUT2D eigenvalue weighted by molar-refractivity contribution is 0.0911. The highest BCUT2D eigenvalue weighted by molar-refractivity contribution is 5.97. The number of aliphatic hydroxyl groups is 1. The van der Waals surface area contributed by atoms with Gasteiger partial charge in [0.25, 0.3) is 5.91 Å². The molecule has 102 valence electrons. The Kier molecular flexibility index (Phi) is 3.62. The predicted octanol–water partition coefficient (Wildman–Crippen LogP) is 2.49. The van der Waals surface area contributed by atoms with E-state index in [1.54, 1.807) is 12.1 Å². The minimum Gasteiger partial charge on any atom is -0.461 e. The molecule has 19 heavy (non-hydrogen) atoms. The van der Waals surface area contributed by atoms with Crippen LogP contribution < -0.4 is 5.32 Å². The summed E-state index contributed by atoms with van der Waals surface area (Å²) in [5.41, 5.74) is 1.07. The number of carbonyl (C=O) groups is 1. The second-order valence-corrected chi connectivity index (χ2v) is 5.61. The Labute approximate surface area is 112 Å². The van der Waals surface area contributed by atoms with Crippen LogP contribution in [0.1, 0.15) is 30.0 Å². The van der Waals surface area contributed by atoms with Gasteiger partial charge < -0.3 is 14.8 Å². The summed E-state index contributed by atoms with van der Waals surface area (Å²) in [6.07, 6.45) is 0. The van der Waals surface area contributed by atoms with Crippen molar-refractivity contribution in [1.29, 1.82) is 0 Å². The van der Waals surface area contributed by atoms with Crippen LogP contribution in [-0.2, 0) is 0 Å². The van der Waals surface area contributed by atoms with Crippen molar-refractivity contribution in [2.75, 3.05) is 13.2 Å². The Bertz CT molecular complexity index is 598. The second-order valence-electron chi connectivity index (χ2n) is 5.61. The fourth-order valence-electron chi connectivity index (χ4n) is 1.79. The summed E-state index contributed by atoms with van der Waals surface area (Å²) in [7, 11) is 0. The van der Waals surface area contributed by atoms with E-state index in [2.05, 4.69) is 5.32 Å². The van der Waals surface area contributed by atoms with Crippen molar-refractivity contribution in [3.63, 3.8) is 0 Å². The van der Waals surface area contributed by atoms with Crippen LogP contribution in [-0.4, -0.2) is 24.2 Å². The molecule has 0 saturated heterocycles. The molecule has 1 aromatic heterocycles. The molecule has 0 unspecified atom stereocenters. The summed E-state index contributed by atoms with van der Waals surface area (Å²) in [4.78, 5) is 12.0. The molecule has 4 nitrogen and oxygen atoms in total. The first kappa shape index (κ1) is 13.6. The third kappa shape index (κ3) is 3.15. The highest BCUT2D eigenvalue weighted by Crippen LogP contribution is 2.20. The van der Waals surface area contributed by atoms with Crippen LogP contribution in [0.2, 0.25) is 0 Å². The molecule has 1 aromatic carbocycles. The summed E-state index contributed by atoms with van der Waals surface area (Å²) in [6, 6.07) is 7.26. The Hall–Kier alpha value is -1.81. The minimum absolute atomic E-state index is 0.0350. The monoisotopic (exact) mass is 261 g/mol. The number of benzene rings is 1. The number of rotatable bonds is 4. The van der Waals surface area contributed by atoms with Gasteiger partial charge in [0.05, 0.1) is 0 Å². The van der Waals surface area contributed by atoms with E-state index in [1.165, 1.54) is 0 Å². The molecular formula is C15H19NO3. The van der Waals surface area contributed by atoms with Crippen LogP contribution in [0.5, 0.6) is 0 Å². The second kappa shape index (κ2) is 5.05. The summed E-state index contributed by atoms with van der Waals surface area (Å²) in [6.45, 7) is 6.15. The number of aliphatic hydroxyl groups excluding tert-OH is 1. The van der Waals surface area contributed by atoms with Crippen molar-refractivity contribution in [3.05, 3.63) is 35.6 Å². The number of hydrogen-bond donors (Lipinski definition) is 2. The van der Waals surface area contributed by atoms with Gasteiger partial charge in [-0.05, 0) is 31.2 Å². The molecule has 0 fully saturated rings. The average molecular weight is 261 g/mol. The molecule has 0 aliphatic heterocycles. The molecule has 0 bridgehead atoms. The first-order chi connectivity index (χ1) is 8.91. The number of amides is 1. The SMILES string of the molecule is Cc1cc2cc(C(=O)NCC(C)(C)CO)ccc2o1. The Morgan fingerprint density at radius 3 is 2.79 bits per heavy atom. The maximum atomic E-state index is 12.0. The predicted molar refractivity (Wildman–Crippen MR) is 74.2 cm³/mol. The first-order valence-electron chi connectivity index (χ1n) is 6.30. The summed E-state index contributed by atoms with van der Waals surface area (Å²) >= 11 is 0. The Morgan fingerprint density at radius 2 is 2.11 bits per heavy atom. The van der Waals surface area contributed by atoms with Gasteiger partial charge in [0.15, 0.2) is 0 Å². The van der Waals surface area contributed by atoms with Crippen molar-refractivity contribution in [2.24, 2.45) is 5.41 Å². The normalized spacial score (nSPS) is 11.8. The van der Waals surface area contributed by atoms with E-state index in [0.29, 0.717) is 12.1 Å². The molecule has 0 atom stereocenters. The summed E-state index contributed by atoms with van der Waals surface area (Å²) in [5, 5.41) is 12.9. The first-order valence-corrected chi connectivity index (χ1v) is 6.30. The fourth-order valence-corrected chi connectivity index (χ4v) is 1.79. The van der Waals surface area contributed by atoms with Crippen LogP contribution in [0, 0.1) is 12.3 Å². The van der Waals surface area contributed by atoms with Crippen LogP contribution >= 0.6 is 0 Å². The van der Waals surface area contributed by atoms with E-state index in [4.69, 9.17) is 9.52 Å². The zero-order valence-corrected chi connectivity index (χ0v) is 11.5. The third-order valence-corrected chi connectivity index (χ3v) is 3.06. The molecule has 4 heteroatoms. The Morgan fingerprint density at radius 1 is 1.37 bits per heavy atom. The van der Waals surface area contributed by atoms with E-state index in [0.717, 1.165) is 16.7 Å². The van der Waals surface area contributed by atoms with Crippen molar-refractivity contribution >= 4 is 16.9 Å². The van der Waals surface area contributed by atoms with Gasteiger partial charge in [-0.15, -0.1) is 0 Å². The molecule has 0 saturated carbocycles. The van der Waals surface area contributed by atoms with Gasteiger partial charge >= 0.3 is 0 Å². The lowest BCUT2D eigenvalue weighted by atomic mass is 9.95. The van der Waals surface area contributed by atoms with E-state index in [1.807, 2.05) is 32.9 Å². The maximum Gasteiger partial charge on any atom is 0.251 e. The largest absolute Gasteiger partial charge is 0.461 e. The molecule has 2 N–H and O–H groups in total. The molecule has 2 rings (SSSR count). The molecule has 0 radical (unpaired) electrons. The average Bonchev–Trinajstić information content (AvgIpc) is 2.75. The van der Waals surface area contributed by atoms with Gasteiger partial charge in [0.1, 0.15) is 11.3 Å². The quantitative estimate of drug-likeness (QED) is 0.888. The number of aryl methyl sites for hydroxylation is 1. The van der Waals surface area contributed by atoms with Gasteiger partial charge in [-0.2, -0.15) is 0 Å². The van der Waals surface area contributed by atoms with Crippen molar-refractivity contribution in [3.8, 4) is 0 Å². The fraction of sp³-hybridized carbons (Fsp3) is 0.400. The van der Waals surface area contributed by atoms with Gasteiger partial charge in [-0.1, -0.05) is 13.8 Å². The molecule has 0 spiro atoms. The minimum atomic E-state index is -0.314. The number of nitrogens with one attached hydrogen (secondary N) is 1. The van der Waals surface area contributed by atoms with Crippen LogP contribution in [0.25, 0.3) is 11.0 Å². The van der Waals surface area contributed by atoms with Gasteiger partial charge in [0, 0.05) is 29.5 Å². The molecule has 1 amide bonds. The van der Waals surface area contributed by atoms with Gasteiger partial charge in [-0.3, -0.25) is 4.79 Å². The number of carbonyl (C=O) groups excluding carboxylic acids is 1. The van der Waals surface area contributed by atoms with E-state index in [-0.39, 0.29) is 17.9 Å². The number of fused-ring (bicyclic) bond motifs is 1.